The lowest BCUT2D eigenvalue weighted by Gasteiger charge is -2.06. The van der Waals surface area contributed by atoms with Gasteiger partial charge in [0.25, 0.3) is 10.1 Å². The molecule has 0 fully saturated rings. The van der Waals surface area contributed by atoms with Crippen LogP contribution in [0.15, 0.2) is 0 Å². The summed E-state index contributed by atoms with van der Waals surface area (Å²) in [4.78, 5) is 0. The summed E-state index contributed by atoms with van der Waals surface area (Å²) in [7, 11) is -3.28. The minimum absolute atomic E-state index is 0. The van der Waals surface area contributed by atoms with Gasteiger partial charge >= 0.3 is 0 Å². The molecule has 0 bridgehead atoms. The van der Waals surface area contributed by atoms with E-state index in [-0.39, 0.29) is 11.9 Å². The second-order valence-corrected chi connectivity index (χ2v) is 8.79. The van der Waals surface area contributed by atoms with Gasteiger partial charge in [0.05, 0.1) is 12.4 Å². The molecule has 0 spiro atoms. The molecule has 0 heterocycles. The highest BCUT2D eigenvalue weighted by molar-refractivity contribution is 7.86. The van der Waals surface area contributed by atoms with Crippen LogP contribution in [0.2, 0.25) is 0 Å². The molecule has 0 amide bonds. The van der Waals surface area contributed by atoms with Gasteiger partial charge in [-0.1, -0.05) is 104 Å². The molecule has 0 aliphatic rings. The molecule has 0 rings (SSSR count). The van der Waals surface area contributed by atoms with Crippen LogP contribution in [0.3, 0.4) is 0 Å². The van der Waals surface area contributed by atoms with Gasteiger partial charge in [0.1, 0.15) is 0 Å². The van der Waals surface area contributed by atoms with Gasteiger partial charge in [-0.15, -0.1) is 0 Å². The summed E-state index contributed by atoms with van der Waals surface area (Å²) in [5, 5.41) is 0. The predicted octanol–water partition coefficient (Wildman–Crippen LogP) is 6.78. The van der Waals surface area contributed by atoms with Crippen LogP contribution in [0.5, 0.6) is 0 Å². The van der Waals surface area contributed by atoms with Crippen molar-refractivity contribution in [3.05, 3.63) is 0 Å². The number of hydrogen-bond acceptors (Lipinski definition) is 4. The van der Waals surface area contributed by atoms with E-state index in [9.17, 15) is 8.42 Å². The van der Waals surface area contributed by atoms with Crippen LogP contribution in [0.25, 0.3) is 0 Å². The first-order valence-electron chi connectivity index (χ1n) is 10.5. The average molecular weight is 380 g/mol. The van der Waals surface area contributed by atoms with Crippen molar-refractivity contribution in [1.29, 1.82) is 0 Å². The molecular formula is C20H45NO3S. The molecular weight excluding hydrogens is 334 g/mol. The molecule has 0 saturated carbocycles. The smallest absolute Gasteiger partial charge is 0.267 e. The summed E-state index contributed by atoms with van der Waals surface area (Å²) in [6, 6.07) is 0. The molecule has 0 aromatic rings. The van der Waals surface area contributed by atoms with Gasteiger partial charge in [0.15, 0.2) is 0 Å². The summed E-state index contributed by atoms with van der Waals surface area (Å²) in [5.74, 6) is 0.189. The zero-order valence-electron chi connectivity index (χ0n) is 17.1. The molecule has 0 aromatic heterocycles. The first-order valence-corrected chi connectivity index (χ1v) is 12.1. The average Bonchev–Trinajstić information content (AvgIpc) is 2.55. The lowest BCUT2D eigenvalue weighted by molar-refractivity contribution is 0.305. The standard InChI is InChI=1S/C20H42O3S.H3N/c1-3-5-7-9-10-11-12-13-14-15-17-19-23-24(21,22)20-18-16-8-6-4-2;/h3-20H2,1-2H3;1H3. The normalized spacial score (nSPS) is 11.4. The van der Waals surface area contributed by atoms with Crippen molar-refractivity contribution in [2.24, 2.45) is 0 Å². The summed E-state index contributed by atoms with van der Waals surface area (Å²) < 4.78 is 28.5. The van der Waals surface area contributed by atoms with E-state index in [0.717, 1.165) is 32.1 Å². The molecule has 0 radical (unpaired) electrons. The molecule has 0 unspecified atom stereocenters. The zero-order chi connectivity index (χ0) is 17.9. The van der Waals surface area contributed by atoms with Crippen LogP contribution in [0.4, 0.5) is 0 Å². The number of unbranched alkanes of at least 4 members (excludes halogenated alkanes) is 14. The Kier molecular flexibility index (Phi) is 21.9. The largest absolute Gasteiger partial charge is 0.344 e. The van der Waals surface area contributed by atoms with Crippen molar-refractivity contribution in [3.63, 3.8) is 0 Å². The van der Waals surface area contributed by atoms with Crippen LogP contribution in [-0.2, 0) is 14.3 Å². The molecule has 0 aliphatic heterocycles. The van der Waals surface area contributed by atoms with E-state index < -0.39 is 10.1 Å². The molecule has 154 valence electrons. The lowest BCUT2D eigenvalue weighted by atomic mass is 10.1. The molecule has 5 heteroatoms. The predicted molar refractivity (Wildman–Crippen MR) is 110 cm³/mol. The first kappa shape index (κ1) is 27.1. The molecule has 0 aromatic carbocycles. The first-order chi connectivity index (χ1) is 11.6. The Balaban J connectivity index is 0. The van der Waals surface area contributed by atoms with Crippen LogP contribution in [0.1, 0.15) is 117 Å². The zero-order valence-corrected chi connectivity index (χ0v) is 17.9. The highest BCUT2D eigenvalue weighted by Crippen LogP contribution is 2.12. The maximum absolute atomic E-state index is 11.7. The quantitative estimate of drug-likeness (QED) is 0.198. The third-order valence-electron chi connectivity index (χ3n) is 4.51. The highest BCUT2D eigenvalue weighted by Gasteiger charge is 2.10. The maximum atomic E-state index is 11.7. The van der Waals surface area contributed by atoms with E-state index in [4.69, 9.17) is 4.18 Å². The highest BCUT2D eigenvalue weighted by atomic mass is 32.2. The molecule has 4 nitrogen and oxygen atoms in total. The number of hydrogen-bond donors (Lipinski definition) is 1. The van der Waals surface area contributed by atoms with Crippen LogP contribution < -0.4 is 6.15 Å². The van der Waals surface area contributed by atoms with Gasteiger partial charge in [-0.25, -0.2) is 0 Å². The molecule has 25 heavy (non-hydrogen) atoms. The summed E-state index contributed by atoms with van der Waals surface area (Å²) in [6.45, 7) is 4.78. The van der Waals surface area contributed by atoms with Crippen molar-refractivity contribution in [2.45, 2.75) is 117 Å². The summed E-state index contributed by atoms with van der Waals surface area (Å²) >= 11 is 0. The Morgan fingerprint density at radius 1 is 0.560 bits per heavy atom. The second kappa shape index (κ2) is 20.2. The Bertz CT molecular complexity index is 345. The fraction of sp³-hybridized carbons (Fsp3) is 1.00. The van der Waals surface area contributed by atoms with Crippen molar-refractivity contribution in [1.82, 2.24) is 6.15 Å². The Morgan fingerprint density at radius 2 is 0.920 bits per heavy atom. The third-order valence-corrected chi connectivity index (χ3v) is 5.82. The molecule has 3 N–H and O–H groups in total. The van der Waals surface area contributed by atoms with Gasteiger partial charge in [-0.3, -0.25) is 4.18 Å². The third kappa shape index (κ3) is 21.8. The fourth-order valence-corrected chi connectivity index (χ4v) is 3.94. The van der Waals surface area contributed by atoms with E-state index in [1.807, 2.05) is 0 Å². The summed E-state index contributed by atoms with van der Waals surface area (Å²) in [5.41, 5.74) is 0. The Hall–Kier alpha value is -0.130. The van der Waals surface area contributed by atoms with Crippen molar-refractivity contribution >= 4 is 10.1 Å². The van der Waals surface area contributed by atoms with E-state index >= 15 is 0 Å². The fourth-order valence-electron chi connectivity index (χ4n) is 2.89. The van der Waals surface area contributed by atoms with Gasteiger partial charge in [-0.05, 0) is 12.8 Å². The van der Waals surface area contributed by atoms with Crippen LogP contribution in [-0.4, -0.2) is 20.8 Å². The Labute approximate surface area is 158 Å². The maximum Gasteiger partial charge on any atom is 0.267 e. The Morgan fingerprint density at radius 3 is 1.36 bits per heavy atom. The van der Waals surface area contributed by atoms with Crippen LogP contribution >= 0.6 is 0 Å². The minimum Gasteiger partial charge on any atom is -0.344 e. The van der Waals surface area contributed by atoms with Gasteiger partial charge < -0.3 is 6.15 Å². The topological polar surface area (TPSA) is 78.4 Å². The molecule has 0 saturated heterocycles. The van der Waals surface area contributed by atoms with E-state index in [1.165, 1.54) is 70.6 Å². The van der Waals surface area contributed by atoms with Gasteiger partial charge in [0, 0.05) is 0 Å². The van der Waals surface area contributed by atoms with E-state index in [2.05, 4.69) is 13.8 Å². The van der Waals surface area contributed by atoms with Crippen LogP contribution in [0, 0.1) is 0 Å². The van der Waals surface area contributed by atoms with Gasteiger partial charge in [0.2, 0.25) is 0 Å². The van der Waals surface area contributed by atoms with Crippen molar-refractivity contribution in [3.8, 4) is 0 Å². The molecule has 0 atom stereocenters. The lowest BCUT2D eigenvalue weighted by Crippen LogP contribution is -2.11. The molecule has 0 aliphatic carbocycles. The van der Waals surface area contributed by atoms with E-state index in [0.29, 0.717) is 6.61 Å². The number of rotatable bonds is 19. The SMILES string of the molecule is CCCCCCCCCCCCCOS(=O)(=O)CCCCCCC.N. The summed E-state index contributed by atoms with van der Waals surface area (Å²) in [6.07, 6.45) is 19.2. The minimum atomic E-state index is -3.28. The van der Waals surface area contributed by atoms with Crippen molar-refractivity contribution in [2.75, 3.05) is 12.4 Å². The van der Waals surface area contributed by atoms with Crippen molar-refractivity contribution < 1.29 is 12.6 Å². The monoisotopic (exact) mass is 379 g/mol. The second-order valence-electron chi connectivity index (χ2n) is 7.03. The van der Waals surface area contributed by atoms with Gasteiger partial charge in [-0.2, -0.15) is 8.42 Å². The van der Waals surface area contributed by atoms with E-state index in [1.54, 1.807) is 0 Å².